The normalized spacial score (nSPS) is 10.8. The molecule has 1 amide bonds. The molecule has 0 saturated carbocycles. The van der Waals surface area contributed by atoms with Gasteiger partial charge in [-0.15, -0.1) is 0 Å². The van der Waals surface area contributed by atoms with Gasteiger partial charge in [-0.3, -0.25) is 4.79 Å². The summed E-state index contributed by atoms with van der Waals surface area (Å²) in [6, 6.07) is 14.3. The summed E-state index contributed by atoms with van der Waals surface area (Å²) in [5.41, 5.74) is 2.17. The summed E-state index contributed by atoms with van der Waals surface area (Å²) in [4.78, 5) is 12.3. The third-order valence-corrected chi connectivity index (χ3v) is 3.68. The molecule has 0 heterocycles. The fourth-order valence-electron chi connectivity index (χ4n) is 2.05. The highest BCUT2D eigenvalue weighted by Crippen LogP contribution is 2.21. The average molecular weight is 341 g/mol. The lowest BCUT2D eigenvalue weighted by molar-refractivity contribution is -0.112. The van der Waals surface area contributed by atoms with Crippen LogP contribution in [-0.2, 0) is 4.79 Å². The molecule has 0 bridgehead atoms. The molecule has 0 saturated heterocycles. The molecule has 0 aromatic heterocycles. The van der Waals surface area contributed by atoms with E-state index < -0.39 is 5.91 Å². The molecule has 0 atom stereocenters. The lowest BCUT2D eigenvalue weighted by atomic mass is 10.1. The second kappa shape index (κ2) is 8.19. The Morgan fingerprint density at radius 2 is 2.12 bits per heavy atom. The SMILES string of the molecule is CCOc1cccc(/C=C(\C#N)C(=O)Nc2ccc(C)c(Cl)c2)c1. The van der Waals surface area contributed by atoms with Crippen LogP contribution in [0.25, 0.3) is 6.08 Å². The van der Waals surface area contributed by atoms with Crippen molar-refractivity contribution < 1.29 is 9.53 Å². The number of rotatable bonds is 5. The number of anilines is 1. The first kappa shape index (κ1) is 17.6. The Morgan fingerprint density at radius 3 is 2.79 bits per heavy atom. The van der Waals surface area contributed by atoms with Crippen molar-refractivity contribution in [2.24, 2.45) is 0 Å². The minimum absolute atomic E-state index is 0.000320. The molecule has 0 fully saturated rings. The molecule has 2 aromatic rings. The van der Waals surface area contributed by atoms with Gasteiger partial charge in [-0.1, -0.05) is 29.8 Å². The van der Waals surface area contributed by atoms with Gasteiger partial charge in [0.25, 0.3) is 5.91 Å². The highest BCUT2D eigenvalue weighted by Gasteiger charge is 2.10. The fraction of sp³-hybridized carbons (Fsp3) is 0.158. The highest BCUT2D eigenvalue weighted by molar-refractivity contribution is 6.31. The maximum atomic E-state index is 12.3. The van der Waals surface area contributed by atoms with Crippen molar-refractivity contribution in [1.82, 2.24) is 0 Å². The van der Waals surface area contributed by atoms with Crippen molar-refractivity contribution in [2.75, 3.05) is 11.9 Å². The van der Waals surface area contributed by atoms with Crippen molar-refractivity contribution in [3.63, 3.8) is 0 Å². The molecule has 0 radical (unpaired) electrons. The van der Waals surface area contributed by atoms with E-state index in [-0.39, 0.29) is 5.57 Å². The van der Waals surface area contributed by atoms with Gasteiger partial charge in [0.2, 0.25) is 0 Å². The Hall–Kier alpha value is -2.77. The van der Waals surface area contributed by atoms with E-state index in [4.69, 9.17) is 16.3 Å². The van der Waals surface area contributed by atoms with Crippen LogP contribution in [0.1, 0.15) is 18.1 Å². The molecule has 0 aliphatic carbocycles. The van der Waals surface area contributed by atoms with Gasteiger partial charge in [-0.05, 0) is 55.3 Å². The molecule has 5 heteroatoms. The number of benzene rings is 2. The van der Waals surface area contributed by atoms with Gasteiger partial charge >= 0.3 is 0 Å². The predicted molar refractivity (Wildman–Crippen MR) is 96.0 cm³/mol. The van der Waals surface area contributed by atoms with Crippen molar-refractivity contribution >= 4 is 29.3 Å². The van der Waals surface area contributed by atoms with Gasteiger partial charge < -0.3 is 10.1 Å². The molecule has 2 rings (SSSR count). The van der Waals surface area contributed by atoms with Crippen molar-refractivity contribution in [1.29, 1.82) is 5.26 Å². The number of ether oxygens (including phenoxy) is 1. The van der Waals surface area contributed by atoms with Crippen LogP contribution >= 0.6 is 11.6 Å². The highest BCUT2D eigenvalue weighted by atomic mass is 35.5. The lowest BCUT2D eigenvalue weighted by Crippen LogP contribution is -2.13. The minimum Gasteiger partial charge on any atom is -0.494 e. The van der Waals surface area contributed by atoms with E-state index in [1.165, 1.54) is 6.08 Å². The standard InChI is InChI=1S/C19H17ClN2O2/c1-3-24-17-6-4-5-14(10-17)9-15(12-21)19(23)22-16-8-7-13(2)18(20)11-16/h4-11H,3H2,1-2H3,(H,22,23)/b15-9+. The zero-order valence-electron chi connectivity index (χ0n) is 13.5. The van der Waals surface area contributed by atoms with Gasteiger partial charge in [0.15, 0.2) is 0 Å². The van der Waals surface area contributed by atoms with E-state index in [2.05, 4.69) is 5.32 Å². The number of aryl methyl sites for hydroxylation is 1. The van der Waals surface area contributed by atoms with E-state index >= 15 is 0 Å². The largest absolute Gasteiger partial charge is 0.494 e. The number of nitrogens with one attached hydrogen (secondary N) is 1. The van der Waals surface area contributed by atoms with Crippen LogP contribution in [0.15, 0.2) is 48.0 Å². The summed E-state index contributed by atoms with van der Waals surface area (Å²) in [5, 5.41) is 12.5. The monoisotopic (exact) mass is 340 g/mol. The number of nitrogens with zero attached hydrogens (tertiary/aromatic N) is 1. The summed E-state index contributed by atoms with van der Waals surface area (Å²) in [5.74, 6) is 0.202. The molecular formula is C19H17ClN2O2. The number of amides is 1. The first-order chi connectivity index (χ1) is 11.5. The lowest BCUT2D eigenvalue weighted by Gasteiger charge is -2.07. The van der Waals surface area contributed by atoms with Crippen molar-refractivity contribution in [3.8, 4) is 11.8 Å². The fourth-order valence-corrected chi connectivity index (χ4v) is 2.23. The third kappa shape index (κ3) is 4.61. The third-order valence-electron chi connectivity index (χ3n) is 3.27. The quantitative estimate of drug-likeness (QED) is 0.639. The topological polar surface area (TPSA) is 62.1 Å². The Labute approximate surface area is 146 Å². The molecule has 122 valence electrons. The smallest absolute Gasteiger partial charge is 0.266 e. The zero-order chi connectivity index (χ0) is 17.5. The van der Waals surface area contributed by atoms with Crippen LogP contribution in [0.4, 0.5) is 5.69 Å². The summed E-state index contributed by atoms with van der Waals surface area (Å²) in [7, 11) is 0. The summed E-state index contributed by atoms with van der Waals surface area (Å²) >= 11 is 6.04. The van der Waals surface area contributed by atoms with Crippen LogP contribution in [0.3, 0.4) is 0 Å². The first-order valence-electron chi connectivity index (χ1n) is 7.45. The number of hydrogen-bond acceptors (Lipinski definition) is 3. The maximum absolute atomic E-state index is 12.3. The molecule has 4 nitrogen and oxygen atoms in total. The second-order valence-electron chi connectivity index (χ2n) is 5.09. The Bertz CT molecular complexity index is 822. The van der Waals surface area contributed by atoms with Crippen LogP contribution in [-0.4, -0.2) is 12.5 Å². The average Bonchev–Trinajstić information content (AvgIpc) is 2.56. The van der Waals surface area contributed by atoms with Crippen LogP contribution in [0.5, 0.6) is 5.75 Å². The van der Waals surface area contributed by atoms with E-state index in [1.807, 2.05) is 32.0 Å². The molecule has 0 spiro atoms. The van der Waals surface area contributed by atoms with Crippen LogP contribution < -0.4 is 10.1 Å². The van der Waals surface area contributed by atoms with E-state index in [1.54, 1.807) is 30.3 Å². The van der Waals surface area contributed by atoms with Gasteiger partial charge in [0.1, 0.15) is 17.4 Å². The Morgan fingerprint density at radius 1 is 1.33 bits per heavy atom. The molecular weight excluding hydrogens is 324 g/mol. The van der Waals surface area contributed by atoms with Crippen molar-refractivity contribution in [2.45, 2.75) is 13.8 Å². The molecule has 0 unspecified atom stereocenters. The molecule has 0 aliphatic rings. The molecule has 1 N–H and O–H groups in total. The Balaban J connectivity index is 2.20. The van der Waals surface area contributed by atoms with E-state index in [9.17, 15) is 10.1 Å². The van der Waals surface area contributed by atoms with E-state index in [0.717, 1.165) is 11.1 Å². The number of nitriles is 1. The van der Waals surface area contributed by atoms with Crippen LogP contribution in [0.2, 0.25) is 5.02 Å². The second-order valence-corrected chi connectivity index (χ2v) is 5.50. The zero-order valence-corrected chi connectivity index (χ0v) is 14.2. The van der Waals surface area contributed by atoms with Crippen LogP contribution in [0, 0.1) is 18.3 Å². The summed E-state index contributed by atoms with van der Waals surface area (Å²) in [6.07, 6.45) is 1.52. The summed E-state index contributed by atoms with van der Waals surface area (Å²) < 4.78 is 5.41. The minimum atomic E-state index is -0.487. The maximum Gasteiger partial charge on any atom is 0.266 e. The molecule has 0 aliphatic heterocycles. The van der Waals surface area contributed by atoms with Gasteiger partial charge in [0, 0.05) is 10.7 Å². The van der Waals surface area contributed by atoms with Gasteiger partial charge in [-0.2, -0.15) is 5.26 Å². The molecule has 24 heavy (non-hydrogen) atoms. The van der Waals surface area contributed by atoms with E-state index in [0.29, 0.717) is 23.1 Å². The number of hydrogen-bond donors (Lipinski definition) is 1. The molecule has 2 aromatic carbocycles. The number of halogens is 1. The van der Waals surface area contributed by atoms with Gasteiger partial charge in [-0.25, -0.2) is 0 Å². The summed E-state index contributed by atoms with van der Waals surface area (Å²) in [6.45, 7) is 4.32. The van der Waals surface area contributed by atoms with Gasteiger partial charge in [0.05, 0.1) is 6.61 Å². The first-order valence-corrected chi connectivity index (χ1v) is 7.83. The predicted octanol–water partition coefficient (Wildman–Crippen LogP) is 4.59. The number of carbonyl (C=O) groups is 1. The Kier molecular flexibility index (Phi) is 6.00. The van der Waals surface area contributed by atoms with Crippen molar-refractivity contribution in [3.05, 3.63) is 64.2 Å². The number of carbonyl (C=O) groups excluding carboxylic acids is 1.